The second kappa shape index (κ2) is 30.0. The number of nitrogens with one attached hydrogen (secondary N) is 4. The van der Waals surface area contributed by atoms with Crippen molar-refractivity contribution in [3.63, 3.8) is 0 Å². The van der Waals surface area contributed by atoms with Gasteiger partial charge in [0.05, 0.1) is 46.3 Å². The number of pyridine rings is 2. The highest BCUT2D eigenvalue weighted by Crippen LogP contribution is 2.31. The van der Waals surface area contributed by atoms with Crippen LogP contribution in [0.25, 0.3) is 11.0 Å². The van der Waals surface area contributed by atoms with Gasteiger partial charge < -0.3 is 41.0 Å². The maximum atomic E-state index is 14.1. The third-order valence-corrected chi connectivity index (χ3v) is 12.1. The highest BCUT2D eigenvalue weighted by molar-refractivity contribution is 7.78. The van der Waals surface area contributed by atoms with Gasteiger partial charge in [0.25, 0.3) is 0 Å². The molecule has 77 heavy (non-hydrogen) atoms. The van der Waals surface area contributed by atoms with Gasteiger partial charge in [0.1, 0.15) is 46.3 Å². The molecule has 16 nitrogen and oxygen atoms in total. The van der Waals surface area contributed by atoms with E-state index in [1.807, 2.05) is 96.6 Å². The zero-order chi connectivity index (χ0) is 56.0. The van der Waals surface area contributed by atoms with E-state index in [0.29, 0.717) is 76.2 Å². The van der Waals surface area contributed by atoms with Crippen molar-refractivity contribution in [2.45, 2.75) is 80.1 Å². The number of fused-ring (bicyclic) bond motifs is 1. The van der Waals surface area contributed by atoms with Gasteiger partial charge in [-0.2, -0.15) is 4.99 Å². The number of rotatable bonds is 22. The smallest absolute Gasteiger partial charge is 0.239 e. The molecule has 0 aliphatic heterocycles. The molecular weight excluding hydrogens is 999 g/mol. The normalized spacial score (nSPS) is 10.9. The van der Waals surface area contributed by atoms with Gasteiger partial charge in [-0.15, -0.1) is 0 Å². The molecule has 0 unspecified atom stereocenters. The number of carbonyl (C=O) groups is 2. The van der Waals surface area contributed by atoms with E-state index in [4.69, 9.17) is 20.2 Å². The van der Waals surface area contributed by atoms with Crippen LogP contribution in [0.1, 0.15) is 91.2 Å². The molecule has 0 bridgehead atoms. The van der Waals surface area contributed by atoms with E-state index in [0.717, 1.165) is 61.4 Å². The first-order chi connectivity index (χ1) is 37.0. The van der Waals surface area contributed by atoms with Gasteiger partial charge in [-0.3, -0.25) is 19.4 Å². The fraction of sp³-hybridized carbons (Fsp3) is 0.345. The number of nitrogens with zero attached hydrogens (tertiary/aromatic N) is 7. The van der Waals surface area contributed by atoms with E-state index in [9.17, 15) is 18.4 Å². The quantitative estimate of drug-likeness (QED) is 0.0245. The number of isothiocyanates is 1. The van der Waals surface area contributed by atoms with E-state index in [1.165, 1.54) is 12.1 Å². The molecule has 0 radical (unpaired) electrons. The third kappa shape index (κ3) is 18.5. The van der Waals surface area contributed by atoms with Crippen LogP contribution in [0.2, 0.25) is 0 Å². The molecule has 19 heteroatoms. The molecule has 2 amide bonds. The predicted octanol–water partition coefficient (Wildman–Crippen LogP) is 13.3. The Morgan fingerprint density at radius 1 is 0.714 bits per heavy atom. The van der Waals surface area contributed by atoms with Crippen molar-refractivity contribution in [2.24, 2.45) is 12.0 Å². The largest absolute Gasteiger partial charge is 0.457 e. The van der Waals surface area contributed by atoms with Gasteiger partial charge >= 0.3 is 0 Å². The molecule has 408 valence electrons. The monoisotopic (exact) mass is 1070 g/mol. The Morgan fingerprint density at radius 3 is 1.74 bits per heavy atom. The number of thiocarbonyl (C=S) groups is 1. The Labute approximate surface area is 456 Å². The van der Waals surface area contributed by atoms with Crippen LogP contribution < -0.4 is 36.5 Å². The maximum Gasteiger partial charge on any atom is 0.239 e. The van der Waals surface area contributed by atoms with Crippen LogP contribution in [0.4, 0.5) is 49.1 Å². The summed E-state index contributed by atoms with van der Waals surface area (Å²) in [6.45, 7) is 20.1. The van der Waals surface area contributed by atoms with Crippen LogP contribution in [-0.2, 0) is 16.6 Å². The second-order valence-electron chi connectivity index (χ2n) is 18.5. The summed E-state index contributed by atoms with van der Waals surface area (Å²) in [6, 6.07) is 27.6. The SMILES string of the molecule is CC(C)c1cc(N=C=S)ccc1F.CCCN(CC)CC(=O)Nc1cc(Oc2ccc(NC)c(N)c2)ccn1.CCCN(CC)CC(=O)Nc1cc(Oc2ccc3c(c2)nc(Nc2ccc(F)c(C(C)C)c2)n3C)ccn1. The van der Waals surface area contributed by atoms with Crippen LogP contribution in [0.15, 0.2) is 114 Å². The van der Waals surface area contributed by atoms with Crippen LogP contribution in [0.3, 0.4) is 0 Å². The Morgan fingerprint density at radius 2 is 1.23 bits per heavy atom. The first-order valence-corrected chi connectivity index (χ1v) is 26.2. The summed E-state index contributed by atoms with van der Waals surface area (Å²) in [5, 5.41) is 14.2. The number of hydrogen-bond acceptors (Lipinski definition) is 14. The number of nitrogen functional groups attached to an aromatic ring is 1. The van der Waals surface area contributed by atoms with Crippen molar-refractivity contribution < 1.29 is 27.8 Å². The molecule has 0 fully saturated rings. The lowest BCUT2D eigenvalue weighted by atomic mass is 10.0. The molecule has 7 rings (SSSR count). The summed E-state index contributed by atoms with van der Waals surface area (Å²) in [6.07, 6.45) is 5.20. The van der Waals surface area contributed by atoms with Crippen molar-refractivity contribution >= 4 is 80.6 Å². The number of ether oxygens (including phenoxy) is 2. The van der Waals surface area contributed by atoms with E-state index in [2.05, 4.69) is 77.3 Å². The molecule has 0 saturated heterocycles. The lowest BCUT2D eigenvalue weighted by Gasteiger charge is -2.18. The van der Waals surface area contributed by atoms with Gasteiger partial charge in [0.2, 0.25) is 17.8 Å². The minimum absolute atomic E-state index is 0.0750. The number of benzene rings is 4. The molecule has 3 aromatic heterocycles. The van der Waals surface area contributed by atoms with Gasteiger partial charge in [-0.05, 0) is 147 Å². The fourth-order valence-corrected chi connectivity index (χ4v) is 8.04. The molecule has 0 aliphatic rings. The highest BCUT2D eigenvalue weighted by Gasteiger charge is 2.15. The van der Waals surface area contributed by atoms with Crippen molar-refractivity contribution in [3.05, 3.63) is 132 Å². The maximum absolute atomic E-state index is 14.1. The van der Waals surface area contributed by atoms with Crippen molar-refractivity contribution in [2.75, 3.05) is 73.3 Å². The molecule has 7 aromatic rings. The minimum Gasteiger partial charge on any atom is -0.457 e. The molecule has 0 atom stereocenters. The number of aromatic nitrogens is 4. The number of carbonyl (C=O) groups excluding carboxylic acids is 2. The average molecular weight is 1070 g/mol. The molecule has 0 aliphatic carbocycles. The van der Waals surface area contributed by atoms with Crippen molar-refractivity contribution in [1.82, 2.24) is 29.3 Å². The Kier molecular flexibility index (Phi) is 23.4. The van der Waals surface area contributed by atoms with Crippen molar-refractivity contribution in [1.29, 1.82) is 0 Å². The summed E-state index contributed by atoms with van der Waals surface area (Å²) in [4.78, 5) is 45.7. The van der Waals surface area contributed by atoms with Gasteiger partial charge in [0.15, 0.2) is 0 Å². The minimum atomic E-state index is -0.212. The number of aryl methyl sites for hydroxylation is 1. The molecule has 3 heterocycles. The summed E-state index contributed by atoms with van der Waals surface area (Å²) in [7, 11) is 3.73. The van der Waals surface area contributed by atoms with Gasteiger partial charge in [0, 0.05) is 56.4 Å². The number of anilines is 6. The number of halogens is 2. The van der Waals surface area contributed by atoms with E-state index < -0.39 is 0 Å². The van der Waals surface area contributed by atoms with Gasteiger partial charge in [-0.1, -0.05) is 55.4 Å². The van der Waals surface area contributed by atoms with Crippen LogP contribution in [0, 0.1) is 11.6 Å². The Balaban J connectivity index is 0.000000241. The molecular formula is C58H72F2N12O4S. The molecule has 0 spiro atoms. The third-order valence-electron chi connectivity index (χ3n) is 12.0. The second-order valence-corrected chi connectivity index (χ2v) is 18.7. The summed E-state index contributed by atoms with van der Waals surface area (Å²) >= 11 is 4.47. The number of hydrogen-bond donors (Lipinski definition) is 5. The molecule has 0 saturated carbocycles. The zero-order valence-corrected chi connectivity index (χ0v) is 46.5. The van der Waals surface area contributed by atoms with E-state index >= 15 is 0 Å². The van der Waals surface area contributed by atoms with Crippen LogP contribution in [-0.4, -0.2) is 92.6 Å². The average Bonchev–Trinajstić information content (AvgIpc) is 3.70. The molecule has 4 aromatic carbocycles. The first-order valence-electron chi connectivity index (χ1n) is 25.8. The topological polar surface area (TPSA) is 189 Å². The lowest BCUT2D eigenvalue weighted by Crippen LogP contribution is -2.33. The highest BCUT2D eigenvalue weighted by atomic mass is 32.1. The van der Waals surface area contributed by atoms with Crippen LogP contribution >= 0.6 is 12.2 Å². The number of aliphatic imine (C=N–C) groups is 1. The van der Waals surface area contributed by atoms with Crippen LogP contribution in [0.5, 0.6) is 23.0 Å². The number of likely N-dealkylation sites (N-methyl/N-ethyl adjacent to an activating group) is 2. The number of nitrogens with two attached hydrogens (primary N) is 1. The molecule has 6 N–H and O–H groups in total. The van der Waals surface area contributed by atoms with E-state index in [-0.39, 0.29) is 35.3 Å². The standard InChI is InChI=1S/C29H35FN6O2.C19H27N5O2.C10H10FNS/c1-6-14-36(7-2)18-28(37)34-27-17-22(12-13-31-27)38-21-9-11-26-25(16-21)33-29(35(26)5)32-20-8-10-24(30)23(15-20)19(3)4;1-4-10-24(5-2)13-19(25)23-18-12-15(8-9-22-18)26-14-6-7-17(21-3)16(20)11-14;1-7(2)9-5-8(12-6-13)3-4-10(9)11/h8-13,15-17,19H,6-7,14,18H2,1-5H3,(H,32,33)(H,31,34,37);6-9,11-12,21H,4-5,10,13,20H2,1-3H3,(H,22,23,25);3-5,7H,1-2H3. The first kappa shape index (κ1) is 60.0. The Bertz CT molecular complexity index is 3110. The summed E-state index contributed by atoms with van der Waals surface area (Å²) in [5.41, 5.74) is 11.8. The van der Waals surface area contributed by atoms with Gasteiger partial charge in [-0.25, -0.2) is 23.7 Å². The summed E-state index contributed by atoms with van der Waals surface area (Å²) < 4.78 is 41.1. The summed E-state index contributed by atoms with van der Waals surface area (Å²) in [5.74, 6) is 3.50. The predicted molar refractivity (Wildman–Crippen MR) is 311 cm³/mol. The lowest BCUT2D eigenvalue weighted by molar-refractivity contribution is -0.118. The fourth-order valence-electron chi connectivity index (χ4n) is 7.94. The number of amides is 2. The zero-order valence-electron chi connectivity index (χ0n) is 45.7. The number of imidazole rings is 1. The van der Waals surface area contributed by atoms with Crippen molar-refractivity contribution in [3.8, 4) is 23.0 Å². The van der Waals surface area contributed by atoms with E-state index in [1.54, 1.807) is 60.9 Å². The Hall–Kier alpha value is -7.83.